The highest BCUT2D eigenvalue weighted by atomic mass is 32.2. The summed E-state index contributed by atoms with van der Waals surface area (Å²) < 4.78 is 50.9. The number of fused-ring (bicyclic) bond motifs is 2. The van der Waals surface area contributed by atoms with E-state index in [4.69, 9.17) is 4.78 Å². The van der Waals surface area contributed by atoms with E-state index in [9.17, 15) is 13.4 Å². The number of aromatic nitrogens is 3. The van der Waals surface area contributed by atoms with Crippen molar-refractivity contribution < 1.29 is 17.8 Å². The van der Waals surface area contributed by atoms with Crippen LogP contribution in [0.4, 0.5) is 14.5 Å². The molecule has 2 atom stereocenters. The van der Waals surface area contributed by atoms with Gasteiger partial charge in [0.15, 0.2) is 0 Å². The lowest BCUT2D eigenvalue weighted by Gasteiger charge is -2.33. The number of carbonyl (C=O) groups excluding carboxylic acids is 1. The third kappa shape index (κ3) is 3.97. The Labute approximate surface area is 201 Å². The van der Waals surface area contributed by atoms with Gasteiger partial charge in [0.25, 0.3) is 0 Å². The van der Waals surface area contributed by atoms with Gasteiger partial charge in [0.1, 0.15) is 22.3 Å². The zero-order valence-corrected chi connectivity index (χ0v) is 20.2. The van der Waals surface area contributed by atoms with E-state index in [-0.39, 0.29) is 34.8 Å². The molecule has 0 radical (unpaired) electrons. The maximum Gasteiger partial charge on any atom is 0.230 e. The Morgan fingerprint density at radius 1 is 1.20 bits per heavy atom. The maximum atomic E-state index is 15.0. The van der Waals surface area contributed by atoms with Gasteiger partial charge in [0.05, 0.1) is 33.3 Å². The first-order valence-electron chi connectivity index (χ1n) is 11.0. The molecule has 1 aromatic carbocycles. The van der Waals surface area contributed by atoms with E-state index < -0.39 is 15.5 Å². The van der Waals surface area contributed by atoms with Crippen LogP contribution in [0.3, 0.4) is 0 Å². The molecule has 1 aliphatic rings. The number of rotatable bonds is 4. The predicted octanol–water partition coefficient (Wildman–Crippen LogP) is 4.74. The molecule has 1 aliphatic heterocycles. The number of aryl methyl sites for hydroxylation is 1. The van der Waals surface area contributed by atoms with Gasteiger partial charge >= 0.3 is 0 Å². The Kier molecular flexibility index (Phi) is 5.43. The fourth-order valence-corrected chi connectivity index (χ4v) is 5.08. The quantitative estimate of drug-likeness (QED) is 0.443. The Morgan fingerprint density at radius 2 is 1.97 bits per heavy atom. The van der Waals surface area contributed by atoms with E-state index in [0.29, 0.717) is 40.3 Å². The molecule has 4 heterocycles. The van der Waals surface area contributed by atoms with E-state index in [2.05, 4.69) is 9.97 Å². The maximum absolute atomic E-state index is 15.0. The highest BCUT2D eigenvalue weighted by Crippen LogP contribution is 2.34. The van der Waals surface area contributed by atoms with Crippen LogP contribution < -0.4 is 4.90 Å². The number of benzene rings is 1. The normalized spacial score (nSPS) is 17.5. The lowest BCUT2D eigenvalue weighted by atomic mass is 9.92. The number of carbonyl (C=O) groups is 1. The van der Waals surface area contributed by atoms with Gasteiger partial charge < -0.3 is 9.30 Å². The summed E-state index contributed by atoms with van der Waals surface area (Å²) in [5.41, 5.74) is 3.40. The summed E-state index contributed by atoms with van der Waals surface area (Å²) in [4.78, 5) is 23.2. The number of pyridine rings is 2. The number of anilines is 1. The summed E-state index contributed by atoms with van der Waals surface area (Å²) in [5.74, 6) is -1.34. The molecule has 7 nitrogen and oxygen atoms in total. The van der Waals surface area contributed by atoms with E-state index in [1.54, 1.807) is 47.5 Å². The van der Waals surface area contributed by atoms with Crippen LogP contribution >= 0.6 is 0 Å². The number of hydrogen-bond donors (Lipinski definition) is 1. The summed E-state index contributed by atoms with van der Waals surface area (Å²) in [6.45, 7) is 3.71. The largest absolute Gasteiger partial charge is 0.306 e. The molecule has 0 fully saturated rings. The van der Waals surface area contributed by atoms with Gasteiger partial charge in [-0.05, 0) is 37.6 Å². The van der Waals surface area contributed by atoms with Gasteiger partial charge in [0.2, 0.25) is 5.91 Å². The Hall–Kier alpha value is -3.66. The first-order chi connectivity index (χ1) is 16.5. The van der Waals surface area contributed by atoms with Gasteiger partial charge in [-0.25, -0.2) is 27.7 Å². The summed E-state index contributed by atoms with van der Waals surface area (Å²) >= 11 is 0. The fourth-order valence-electron chi connectivity index (χ4n) is 4.50. The Morgan fingerprint density at radius 3 is 2.66 bits per heavy atom. The van der Waals surface area contributed by atoms with Gasteiger partial charge in [-0.3, -0.25) is 4.79 Å². The average Bonchev–Trinajstić information content (AvgIpc) is 3.10. The first kappa shape index (κ1) is 23.1. The molecule has 5 rings (SSSR count). The summed E-state index contributed by atoms with van der Waals surface area (Å²) in [6, 6.07) is 9.04. The van der Waals surface area contributed by atoms with Gasteiger partial charge in [-0.2, -0.15) is 0 Å². The van der Waals surface area contributed by atoms with E-state index in [1.165, 1.54) is 30.7 Å². The second kappa shape index (κ2) is 8.23. The van der Waals surface area contributed by atoms with Crippen LogP contribution in [0.15, 0.2) is 53.8 Å². The van der Waals surface area contributed by atoms with Crippen LogP contribution in [0.2, 0.25) is 0 Å². The second-order valence-electron chi connectivity index (χ2n) is 8.90. The number of nitrogens with zero attached hydrogens (tertiary/aromatic N) is 4. The van der Waals surface area contributed by atoms with Gasteiger partial charge in [-0.15, -0.1) is 0 Å². The highest BCUT2D eigenvalue weighted by molar-refractivity contribution is 7.91. The minimum atomic E-state index is -2.99. The SMILES string of the molecule is Cc1nc2cc(F)c(-c3ccc(S(C)(=N)=O)nc3)cn2c1CN1C(=O)C(C)Cc2c(F)cccc21. The molecule has 10 heteroatoms. The molecule has 35 heavy (non-hydrogen) atoms. The number of halogens is 2. The molecule has 180 valence electrons. The monoisotopic (exact) mass is 495 g/mol. The van der Waals surface area contributed by atoms with Crippen LogP contribution in [0.5, 0.6) is 0 Å². The molecule has 0 spiro atoms. The second-order valence-corrected chi connectivity index (χ2v) is 11.0. The van der Waals surface area contributed by atoms with Gasteiger partial charge in [-0.1, -0.05) is 13.0 Å². The molecule has 2 unspecified atom stereocenters. The van der Waals surface area contributed by atoms with Crippen LogP contribution in [0, 0.1) is 29.3 Å². The number of imidazole rings is 1. The van der Waals surface area contributed by atoms with Crippen LogP contribution in [-0.2, 0) is 27.5 Å². The van der Waals surface area contributed by atoms with Crippen molar-refractivity contribution >= 4 is 27.0 Å². The minimum Gasteiger partial charge on any atom is -0.306 e. The fraction of sp³-hybridized carbons (Fsp3) is 0.240. The molecule has 1 N–H and O–H groups in total. The third-order valence-corrected chi connectivity index (χ3v) is 7.39. The molecule has 3 aromatic heterocycles. The summed E-state index contributed by atoms with van der Waals surface area (Å²) in [6.07, 6.45) is 4.58. The van der Waals surface area contributed by atoms with Crippen molar-refractivity contribution in [1.29, 1.82) is 4.78 Å². The van der Waals surface area contributed by atoms with Crippen LogP contribution in [0.1, 0.15) is 23.9 Å². The average molecular weight is 496 g/mol. The van der Waals surface area contributed by atoms with E-state index in [1.807, 2.05) is 0 Å². The standard InChI is InChI=1S/C25H23F2N5O2S/c1-14-9-17-19(26)5-4-6-21(17)32(25(14)33)13-22-15(2)30-23-10-20(27)18(12-31(22)23)16-7-8-24(29-11-16)35(3,28)34/h4-8,10-12,14,28H,9,13H2,1-3H3. The van der Waals surface area contributed by atoms with Crippen molar-refractivity contribution in [3.63, 3.8) is 0 Å². The number of nitrogens with one attached hydrogen (secondary N) is 1. The molecule has 0 aliphatic carbocycles. The van der Waals surface area contributed by atoms with Crippen molar-refractivity contribution in [2.75, 3.05) is 11.2 Å². The lowest BCUT2D eigenvalue weighted by Crippen LogP contribution is -2.40. The van der Waals surface area contributed by atoms with Gasteiger partial charge in [0, 0.05) is 47.3 Å². The highest BCUT2D eigenvalue weighted by Gasteiger charge is 2.32. The van der Waals surface area contributed by atoms with Crippen molar-refractivity contribution in [2.45, 2.75) is 31.8 Å². The Balaban J connectivity index is 1.60. The predicted molar refractivity (Wildman–Crippen MR) is 129 cm³/mol. The van der Waals surface area contributed by atoms with E-state index >= 15 is 4.39 Å². The van der Waals surface area contributed by atoms with Crippen molar-refractivity contribution in [3.05, 3.63) is 77.4 Å². The molecule has 0 bridgehead atoms. The lowest BCUT2D eigenvalue weighted by molar-refractivity contribution is -0.122. The molecule has 0 saturated carbocycles. The number of hydrogen-bond acceptors (Lipinski definition) is 5. The molecular formula is C25H23F2N5O2S. The molecule has 4 aromatic rings. The zero-order valence-electron chi connectivity index (χ0n) is 19.4. The summed E-state index contributed by atoms with van der Waals surface area (Å²) in [5, 5.41) is 0.116. The van der Waals surface area contributed by atoms with Crippen molar-refractivity contribution in [3.8, 4) is 11.1 Å². The molecular weight excluding hydrogens is 472 g/mol. The van der Waals surface area contributed by atoms with Crippen molar-refractivity contribution in [2.24, 2.45) is 5.92 Å². The topological polar surface area (TPSA) is 91.4 Å². The summed E-state index contributed by atoms with van der Waals surface area (Å²) in [7, 11) is -2.99. The number of amides is 1. The van der Waals surface area contributed by atoms with E-state index in [0.717, 1.165) is 0 Å². The molecule has 0 saturated heterocycles. The molecule has 1 amide bonds. The first-order valence-corrected chi connectivity index (χ1v) is 13.0. The smallest absolute Gasteiger partial charge is 0.230 e. The Bertz CT molecular complexity index is 1600. The minimum absolute atomic E-state index is 0.113. The van der Waals surface area contributed by atoms with Crippen LogP contribution in [0.25, 0.3) is 16.8 Å². The van der Waals surface area contributed by atoms with Crippen molar-refractivity contribution in [1.82, 2.24) is 14.4 Å². The van der Waals surface area contributed by atoms with Crippen LogP contribution in [-0.4, -0.2) is 30.7 Å². The zero-order chi connectivity index (χ0) is 25.1. The third-order valence-electron chi connectivity index (χ3n) is 6.35.